The van der Waals surface area contributed by atoms with Crippen molar-refractivity contribution in [2.75, 3.05) is 18.6 Å². The number of ether oxygens (including phenoxy) is 1. The van der Waals surface area contributed by atoms with Crippen LogP contribution in [0.25, 0.3) is 16.9 Å². The quantitative estimate of drug-likeness (QED) is 0.678. The Kier molecular flexibility index (Phi) is 3.24. The summed E-state index contributed by atoms with van der Waals surface area (Å²) in [4.78, 5) is 17.6. The Labute approximate surface area is 140 Å². The van der Waals surface area contributed by atoms with E-state index in [4.69, 9.17) is 4.74 Å². The first-order valence-electron chi connectivity index (χ1n) is 7.43. The van der Waals surface area contributed by atoms with E-state index in [1.807, 2.05) is 0 Å². The summed E-state index contributed by atoms with van der Waals surface area (Å²) in [5.74, 6) is 0.406. The van der Waals surface area contributed by atoms with Gasteiger partial charge in [0.15, 0.2) is 6.61 Å². The molecule has 0 bridgehead atoms. The molecule has 0 N–H and O–H groups in total. The number of benzene rings is 1. The molecule has 0 spiro atoms. The van der Waals surface area contributed by atoms with Crippen LogP contribution >= 0.6 is 0 Å². The smallest absolute Gasteiger partial charge is 0.417 e. The molecule has 0 unspecified atom stereocenters. The van der Waals surface area contributed by atoms with Crippen molar-refractivity contribution in [3.05, 3.63) is 48.3 Å². The minimum atomic E-state index is -4.41. The molecule has 0 saturated heterocycles. The first kappa shape index (κ1) is 15.5. The number of alkyl halides is 3. The van der Waals surface area contributed by atoms with Gasteiger partial charge in [-0.1, -0.05) is 0 Å². The molecular weight excluding hydrogens is 335 g/mol. The highest BCUT2D eigenvalue weighted by Gasteiger charge is 2.31. The Morgan fingerprint density at radius 2 is 1.96 bits per heavy atom. The van der Waals surface area contributed by atoms with Gasteiger partial charge in [0.1, 0.15) is 11.4 Å². The number of halogens is 3. The molecule has 0 radical (unpaired) electrons. The monoisotopic (exact) mass is 347 g/mol. The molecule has 0 fully saturated rings. The van der Waals surface area contributed by atoms with Gasteiger partial charge in [-0.25, -0.2) is 4.98 Å². The largest absolute Gasteiger partial charge is 0.482 e. The molecule has 1 aliphatic heterocycles. The maximum Gasteiger partial charge on any atom is 0.417 e. The fraction of sp³-hybridized carbons (Fsp3) is 0.176. The summed E-state index contributed by atoms with van der Waals surface area (Å²) in [6, 6.07) is 7.54. The molecule has 0 aliphatic carbocycles. The van der Waals surface area contributed by atoms with Crippen molar-refractivity contribution in [1.82, 2.24) is 9.38 Å². The van der Waals surface area contributed by atoms with Crippen LogP contribution in [-0.2, 0) is 11.0 Å². The second kappa shape index (κ2) is 5.23. The highest BCUT2D eigenvalue weighted by atomic mass is 19.4. The average molecular weight is 347 g/mol. The molecule has 4 rings (SSSR count). The van der Waals surface area contributed by atoms with Crippen LogP contribution in [0.5, 0.6) is 5.75 Å². The number of imidazole rings is 1. The van der Waals surface area contributed by atoms with Crippen molar-refractivity contribution in [1.29, 1.82) is 0 Å². The lowest BCUT2D eigenvalue weighted by molar-refractivity contribution is -0.137. The van der Waals surface area contributed by atoms with E-state index in [0.717, 1.165) is 12.3 Å². The molecule has 2 aromatic heterocycles. The number of pyridine rings is 1. The zero-order valence-corrected chi connectivity index (χ0v) is 13.0. The number of aromatic nitrogens is 2. The summed E-state index contributed by atoms with van der Waals surface area (Å²) in [6.45, 7) is -0.0164. The predicted octanol–water partition coefficient (Wildman–Crippen LogP) is 3.38. The Bertz CT molecular complexity index is 994. The van der Waals surface area contributed by atoms with E-state index in [0.29, 0.717) is 28.3 Å². The van der Waals surface area contributed by atoms with Crippen LogP contribution in [0.3, 0.4) is 0 Å². The van der Waals surface area contributed by atoms with Gasteiger partial charge < -0.3 is 14.0 Å². The van der Waals surface area contributed by atoms with Crippen molar-refractivity contribution in [3.63, 3.8) is 0 Å². The first-order chi connectivity index (χ1) is 11.8. The number of amides is 1. The number of rotatable bonds is 1. The van der Waals surface area contributed by atoms with Gasteiger partial charge in [-0.15, -0.1) is 0 Å². The minimum Gasteiger partial charge on any atom is -0.482 e. The summed E-state index contributed by atoms with van der Waals surface area (Å²) >= 11 is 0. The summed E-state index contributed by atoms with van der Waals surface area (Å²) < 4.78 is 45.2. The number of carbonyl (C=O) groups excluding carboxylic acids is 1. The van der Waals surface area contributed by atoms with Crippen LogP contribution in [0.4, 0.5) is 18.9 Å². The second-order valence-electron chi connectivity index (χ2n) is 5.73. The van der Waals surface area contributed by atoms with Crippen LogP contribution in [0.2, 0.25) is 0 Å². The maximum absolute atomic E-state index is 12.8. The zero-order chi connectivity index (χ0) is 17.8. The number of likely N-dealkylation sites (N-methyl/N-ethyl adjacent to an activating group) is 1. The lowest BCUT2D eigenvalue weighted by atomic mass is 10.1. The van der Waals surface area contributed by atoms with Crippen molar-refractivity contribution in [2.24, 2.45) is 0 Å². The summed E-state index contributed by atoms with van der Waals surface area (Å²) in [5.41, 5.74) is 1.45. The van der Waals surface area contributed by atoms with Crippen molar-refractivity contribution in [2.45, 2.75) is 6.18 Å². The Hall–Kier alpha value is -3.03. The third-order valence-corrected chi connectivity index (χ3v) is 4.12. The normalized spacial score (nSPS) is 14.6. The number of anilines is 1. The lowest BCUT2D eigenvalue weighted by Gasteiger charge is -2.26. The molecule has 3 aromatic rings. The average Bonchev–Trinajstić information content (AvgIpc) is 3.00. The number of nitrogens with zero attached hydrogens (tertiary/aromatic N) is 3. The van der Waals surface area contributed by atoms with Gasteiger partial charge >= 0.3 is 6.18 Å². The topological polar surface area (TPSA) is 46.8 Å². The van der Waals surface area contributed by atoms with Crippen LogP contribution in [0, 0.1) is 0 Å². The highest BCUT2D eigenvalue weighted by Crippen LogP contribution is 2.35. The summed E-state index contributed by atoms with van der Waals surface area (Å²) in [7, 11) is 1.65. The van der Waals surface area contributed by atoms with Gasteiger partial charge in [-0.05, 0) is 30.3 Å². The van der Waals surface area contributed by atoms with Crippen LogP contribution in [0.15, 0.2) is 42.7 Å². The Balaban J connectivity index is 1.79. The third kappa shape index (κ3) is 2.59. The second-order valence-corrected chi connectivity index (χ2v) is 5.73. The van der Waals surface area contributed by atoms with Crippen LogP contribution in [0.1, 0.15) is 5.56 Å². The molecule has 25 heavy (non-hydrogen) atoms. The van der Waals surface area contributed by atoms with Gasteiger partial charge in [0, 0.05) is 25.0 Å². The highest BCUT2D eigenvalue weighted by molar-refractivity contribution is 5.98. The van der Waals surface area contributed by atoms with Crippen LogP contribution in [-0.4, -0.2) is 28.9 Å². The number of hydrogen-bond acceptors (Lipinski definition) is 3. The van der Waals surface area contributed by atoms with E-state index in [1.165, 1.54) is 21.6 Å². The summed E-state index contributed by atoms with van der Waals surface area (Å²) in [6.07, 6.45) is -1.88. The van der Waals surface area contributed by atoms with Crippen molar-refractivity contribution < 1.29 is 22.7 Å². The Morgan fingerprint density at radius 3 is 2.72 bits per heavy atom. The van der Waals surface area contributed by atoms with Crippen molar-refractivity contribution >= 4 is 17.2 Å². The SMILES string of the molecule is CN1C(=O)COc2ccc(-c3cn4cc(C(F)(F)F)ccc4n3)cc21. The van der Waals surface area contributed by atoms with E-state index in [-0.39, 0.29) is 12.5 Å². The van der Waals surface area contributed by atoms with Crippen LogP contribution < -0.4 is 9.64 Å². The van der Waals surface area contributed by atoms with E-state index >= 15 is 0 Å². The zero-order valence-electron chi connectivity index (χ0n) is 13.0. The summed E-state index contributed by atoms with van der Waals surface area (Å²) in [5, 5.41) is 0. The molecule has 0 saturated carbocycles. The standard InChI is InChI=1S/C17H12F3N3O2/c1-22-13-6-10(2-4-14(13)25-9-16(22)24)12-8-23-7-11(17(18,19)20)3-5-15(23)21-12/h2-8H,9H2,1H3. The van der Waals surface area contributed by atoms with E-state index in [1.54, 1.807) is 25.2 Å². The molecule has 1 aliphatic rings. The molecular formula is C17H12F3N3O2. The van der Waals surface area contributed by atoms with Gasteiger partial charge in [0.05, 0.1) is 16.9 Å². The lowest BCUT2D eigenvalue weighted by Crippen LogP contribution is -2.35. The minimum absolute atomic E-state index is 0.0164. The maximum atomic E-state index is 12.8. The molecule has 0 atom stereocenters. The Morgan fingerprint density at radius 1 is 1.16 bits per heavy atom. The molecule has 5 nitrogen and oxygen atoms in total. The molecule has 1 amide bonds. The number of carbonyl (C=O) groups is 1. The number of fused-ring (bicyclic) bond motifs is 2. The molecule has 128 valence electrons. The predicted molar refractivity (Wildman–Crippen MR) is 84.5 cm³/mol. The molecule has 1 aromatic carbocycles. The van der Waals surface area contributed by atoms with Gasteiger partial charge in [0.2, 0.25) is 0 Å². The third-order valence-electron chi connectivity index (χ3n) is 4.12. The molecule has 3 heterocycles. The number of hydrogen-bond donors (Lipinski definition) is 0. The first-order valence-corrected chi connectivity index (χ1v) is 7.43. The molecule has 8 heteroatoms. The van der Waals surface area contributed by atoms with Gasteiger partial charge in [-0.2, -0.15) is 13.2 Å². The van der Waals surface area contributed by atoms with Gasteiger partial charge in [-0.3, -0.25) is 4.79 Å². The fourth-order valence-electron chi connectivity index (χ4n) is 2.73. The van der Waals surface area contributed by atoms with E-state index in [2.05, 4.69) is 4.98 Å². The fourth-order valence-corrected chi connectivity index (χ4v) is 2.73. The van der Waals surface area contributed by atoms with E-state index < -0.39 is 11.7 Å². The van der Waals surface area contributed by atoms with Gasteiger partial charge in [0.25, 0.3) is 5.91 Å². The van der Waals surface area contributed by atoms with E-state index in [9.17, 15) is 18.0 Å². The van der Waals surface area contributed by atoms with Crippen molar-refractivity contribution in [3.8, 4) is 17.0 Å².